The molecule has 0 aliphatic heterocycles. The number of benzene rings is 2. The molecule has 0 saturated heterocycles. The fraction of sp³-hybridized carbons (Fsp3) is 0.167. The van der Waals surface area contributed by atoms with Gasteiger partial charge in [-0.1, -0.05) is 29.8 Å². The van der Waals surface area contributed by atoms with Crippen molar-refractivity contribution in [3.63, 3.8) is 0 Å². The van der Waals surface area contributed by atoms with E-state index in [0.29, 0.717) is 5.56 Å². The monoisotopic (exact) mass is 201 g/mol. The van der Waals surface area contributed by atoms with E-state index in [9.17, 15) is 10.1 Å². The van der Waals surface area contributed by atoms with E-state index in [2.05, 4.69) is 0 Å². The van der Waals surface area contributed by atoms with E-state index in [1.54, 1.807) is 13.0 Å². The normalized spacial score (nSPS) is 10.5. The van der Waals surface area contributed by atoms with E-state index in [1.807, 2.05) is 31.2 Å². The van der Waals surface area contributed by atoms with Gasteiger partial charge < -0.3 is 0 Å². The lowest BCUT2D eigenvalue weighted by Gasteiger charge is -2.03. The molecule has 0 radical (unpaired) electrons. The third kappa shape index (κ3) is 1.56. The number of fused-ring (bicyclic) bond motifs is 1. The molecule has 0 heterocycles. The van der Waals surface area contributed by atoms with Gasteiger partial charge in [0.1, 0.15) is 0 Å². The molecule has 3 heteroatoms. The van der Waals surface area contributed by atoms with Crippen LogP contribution in [0.4, 0.5) is 5.69 Å². The van der Waals surface area contributed by atoms with Crippen molar-refractivity contribution in [2.45, 2.75) is 13.8 Å². The Kier molecular flexibility index (Phi) is 2.15. The summed E-state index contributed by atoms with van der Waals surface area (Å²) in [7, 11) is 0. The molecule has 15 heavy (non-hydrogen) atoms. The summed E-state index contributed by atoms with van der Waals surface area (Å²) in [4.78, 5) is 10.6. The van der Waals surface area contributed by atoms with Gasteiger partial charge in [0.05, 0.1) is 10.3 Å². The molecular formula is C12H11NO2. The summed E-state index contributed by atoms with van der Waals surface area (Å²) >= 11 is 0. The maximum atomic E-state index is 11.0. The SMILES string of the molecule is Cc1ccc2ccc(C)c([N+](=O)[O-])c2c1. The topological polar surface area (TPSA) is 43.1 Å². The maximum absolute atomic E-state index is 11.0. The zero-order valence-electron chi connectivity index (χ0n) is 8.65. The molecule has 0 fully saturated rings. The van der Waals surface area contributed by atoms with Gasteiger partial charge >= 0.3 is 0 Å². The quantitative estimate of drug-likeness (QED) is 0.524. The van der Waals surface area contributed by atoms with Crippen molar-refractivity contribution in [2.75, 3.05) is 0 Å². The minimum absolute atomic E-state index is 0.219. The lowest BCUT2D eigenvalue weighted by molar-refractivity contribution is -0.383. The van der Waals surface area contributed by atoms with Crippen LogP contribution in [-0.4, -0.2) is 4.92 Å². The predicted molar refractivity (Wildman–Crippen MR) is 60.1 cm³/mol. The van der Waals surface area contributed by atoms with Gasteiger partial charge in [0.25, 0.3) is 5.69 Å². The Morgan fingerprint density at radius 1 is 1.13 bits per heavy atom. The highest BCUT2D eigenvalue weighted by atomic mass is 16.6. The summed E-state index contributed by atoms with van der Waals surface area (Å²) in [6, 6.07) is 9.44. The van der Waals surface area contributed by atoms with Crippen molar-refractivity contribution in [2.24, 2.45) is 0 Å². The van der Waals surface area contributed by atoms with Crippen LogP contribution in [0.2, 0.25) is 0 Å². The standard InChI is InChI=1S/C12H11NO2/c1-8-3-5-10-6-4-9(2)12(13(14)15)11(10)7-8/h3-7H,1-2H3. The van der Waals surface area contributed by atoms with Gasteiger partial charge in [0.15, 0.2) is 0 Å². The Hall–Kier alpha value is -1.90. The second-order valence-corrected chi connectivity index (χ2v) is 3.71. The van der Waals surface area contributed by atoms with E-state index >= 15 is 0 Å². The highest BCUT2D eigenvalue weighted by Crippen LogP contribution is 2.29. The number of hydrogen-bond donors (Lipinski definition) is 0. The first-order valence-corrected chi connectivity index (χ1v) is 4.74. The molecule has 0 spiro atoms. The van der Waals surface area contributed by atoms with E-state index in [0.717, 1.165) is 16.3 Å². The Labute approximate surface area is 87.5 Å². The van der Waals surface area contributed by atoms with Crippen LogP contribution in [0.25, 0.3) is 10.8 Å². The number of nitrogens with zero attached hydrogens (tertiary/aromatic N) is 1. The molecule has 0 unspecified atom stereocenters. The van der Waals surface area contributed by atoms with Crippen LogP contribution in [0.1, 0.15) is 11.1 Å². The minimum Gasteiger partial charge on any atom is -0.258 e. The number of aryl methyl sites for hydroxylation is 2. The molecule has 0 aliphatic rings. The summed E-state index contributed by atoms with van der Waals surface area (Å²) in [6.07, 6.45) is 0. The van der Waals surface area contributed by atoms with Gasteiger partial charge in [-0.05, 0) is 25.3 Å². The van der Waals surface area contributed by atoms with Crippen molar-refractivity contribution in [1.29, 1.82) is 0 Å². The smallest absolute Gasteiger partial charge is 0.258 e. The highest BCUT2D eigenvalue weighted by Gasteiger charge is 2.14. The van der Waals surface area contributed by atoms with Crippen LogP contribution >= 0.6 is 0 Å². The van der Waals surface area contributed by atoms with Crippen molar-refractivity contribution in [1.82, 2.24) is 0 Å². The van der Waals surface area contributed by atoms with Crippen LogP contribution in [0.15, 0.2) is 30.3 Å². The molecule has 0 aromatic heterocycles. The van der Waals surface area contributed by atoms with Gasteiger partial charge in [0.2, 0.25) is 0 Å². The third-order valence-corrected chi connectivity index (χ3v) is 2.53. The van der Waals surface area contributed by atoms with Gasteiger partial charge in [-0.15, -0.1) is 0 Å². The second kappa shape index (κ2) is 3.35. The Morgan fingerprint density at radius 3 is 2.47 bits per heavy atom. The van der Waals surface area contributed by atoms with Crippen molar-refractivity contribution >= 4 is 16.5 Å². The number of rotatable bonds is 1. The number of hydrogen-bond acceptors (Lipinski definition) is 2. The zero-order valence-corrected chi connectivity index (χ0v) is 8.65. The first kappa shape index (κ1) is 9.65. The molecule has 0 aliphatic carbocycles. The van der Waals surface area contributed by atoms with Crippen LogP contribution in [0.3, 0.4) is 0 Å². The molecule has 76 valence electrons. The fourth-order valence-corrected chi connectivity index (χ4v) is 1.77. The van der Waals surface area contributed by atoms with Crippen LogP contribution in [0, 0.1) is 24.0 Å². The number of nitro groups is 1. The van der Waals surface area contributed by atoms with Crippen molar-refractivity contribution in [3.8, 4) is 0 Å². The fourth-order valence-electron chi connectivity index (χ4n) is 1.77. The largest absolute Gasteiger partial charge is 0.280 e. The Morgan fingerprint density at radius 2 is 1.80 bits per heavy atom. The van der Waals surface area contributed by atoms with Gasteiger partial charge in [-0.2, -0.15) is 0 Å². The Balaban J connectivity index is 2.90. The lowest BCUT2D eigenvalue weighted by atomic mass is 10.0. The molecule has 0 saturated carbocycles. The second-order valence-electron chi connectivity index (χ2n) is 3.71. The van der Waals surface area contributed by atoms with E-state index < -0.39 is 0 Å². The molecule has 2 aromatic carbocycles. The van der Waals surface area contributed by atoms with E-state index in [-0.39, 0.29) is 10.6 Å². The summed E-state index contributed by atoms with van der Waals surface area (Å²) in [5, 5.41) is 12.6. The molecular weight excluding hydrogens is 190 g/mol. The average molecular weight is 201 g/mol. The van der Waals surface area contributed by atoms with E-state index in [4.69, 9.17) is 0 Å². The van der Waals surface area contributed by atoms with Crippen molar-refractivity contribution in [3.05, 3.63) is 51.6 Å². The lowest BCUT2D eigenvalue weighted by Crippen LogP contribution is -1.93. The summed E-state index contributed by atoms with van der Waals surface area (Å²) in [6.45, 7) is 3.70. The molecule has 2 aromatic rings. The maximum Gasteiger partial charge on any atom is 0.280 e. The summed E-state index contributed by atoms with van der Waals surface area (Å²) in [5.41, 5.74) is 1.96. The van der Waals surface area contributed by atoms with E-state index in [1.165, 1.54) is 0 Å². The molecule has 0 amide bonds. The first-order valence-electron chi connectivity index (χ1n) is 4.74. The first-order chi connectivity index (χ1) is 7.09. The van der Waals surface area contributed by atoms with Gasteiger partial charge in [0, 0.05) is 5.56 Å². The Bertz CT molecular complexity index is 541. The van der Waals surface area contributed by atoms with Crippen LogP contribution in [-0.2, 0) is 0 Å². The third-order valence-electron chi connectivity index (χ3n) is 2.53. The van der Waals surface area contributed by atoms with Crippen molar-refractivity contribution < 1.29 is 4.92 Å². The minimum atomic E-state index is -0.308. The highest BCUT2D eigenvalue weighted by molar-refractivity contribution is 5.92. The molecule has 3 nitrogen and oxygen atoms in total. The molecule has 0 N–H and O–H groups in total. The number of nitro benzene ring substituents is 1. The van der Waals surface area contributed by atoms with Gasteiger partial charge in [-0.25, -0.2) is 0 Å². The van der Waals surface area contributed by atoms with Gasteiger partial charge in [-0.3, -0.25) is 10.1 Å². The van der Waals surface area contributed by atoms with Crippen LogP contribution < -0.4 is 0 Å². The molecule has 0 atom stereocenters. The predicted octanol–water partition coefficient (Wildman–Crippen LogP) is 3.36. The molecule has 2 rings (SSSR count). The molecule has 0 bridgehead atoms. The average Bonchev–Trinajstić information content (AvgIpc) is 2.16. The summed E-state index contributed by atoms with van der Waals surface area (Å²) in [5.74, 6) is 0. The summed E-state index contributed by atoms with van der Waals surface area (Å²) < 4.78 is 0. The van der Waals surface area contributed by atoms with Crippen LogP contribution in [0.5, 0.6) is 0 Å². The zero-order chi connectivity index (χ0) is 11.0.